The Balaban J connectivity index is 1.19. The van der Waals surface area contributed by atoms with Crippen LogP contribution in [-0.4, -0.2) is 54.4 Å². The summed E-state index contributed by atoms with van der Waals surface area (Å²) in [5.41, 5.74) is 2.91. The van der Waals surface area contributed by atoms with Gasteiger partial charge in [-0.3, -0.25) is 0 Å². The number of piperidine rings is 1. The zero-order valence-corrected chi connectivity index (χ0v) is 20.6. The molecule has 0 aromatic heterocycles. The first kappa shape index (κ1) is 22.9. The van der Waals surface area contributed by atoms with Gasteiger partial charge in [-0.1, -0.05) is 50.6 Å². The molecule has 1 aromatic carbocycles. The summed E-state index contributed by atoms with van der Waals surface area (Å²) < 4.78 is 0. The van der Waals surface area contributed by atoms with Crippen LogP contribution in [-0.2, 0) is 0 Å². The number of fused-ring (bicyclic) bond motifs is 2. The van der Waals surface area contributed by atoms with E-state index in [4.69, 9.17) is 5.10 Å². The number of nitrogens with one attached hydrogen (secondary N) is 1. The number of amides is 2. The third kappa shape index (κ3) is 4.84. The second-order valence-corrected chi connectivity index (χ2v) is 11.5. The molecule has 2 bridgehead atoms. The maximum absolute atomic E-state index is 13.1. The van der Waals surface area contributed by atoms with Crippen LogP contribution in [0.25, 0.3) is 0 Å². The van der Waals surface area contributed by atoms with Crippen LogP contribution in [0, 0.1) is 23.2 Å². The van der Waals surface area contributed by atoms with Gasteiger partial charge in [0.05, 0.1) is 6.54 Å². The Kier molecular flexibility index (Phi) is 6.78. The van der Waals surface area contributed by atoms with Crippen LogP contribution in [0.3, 0.4) is 0 Å². The van der Waals surface area contributed by atoms with Crippen molar-refractivity contribution in [1.82, 2.24) is 15.2 Å². The molecule has 5 nitrogen and oxygen atoms in total. The molecule has 3 aliphatic carbocycles. The Morgan fingerprint density at radius 3 is 2.64 bits per heavy atom. The van der Waals surface area contributed by atoms with E-state index in [0.717, 1.165) is 37.8 Å². The lowest BCUT2D eigenvalue weighted by molar-refractivity contribution is -0.103. The number of hydrogen-bond donors (Lipinski definition) is 1. The molecule has 5 aliphatic rings. The predicted molar refractivity (Wildman–Crippen MR) is 134 cm³/mol. The standard InChI is InChI=1S/C28H42N4O/c1-28(2)23-14-13-22(25(28)18-23)19-29-27(33)32-20-24(21-10-5-3-6-11-21)26(30-32)12-9-17-31-15-7-4-8-16-31/h3,5-6,10-11,22-25H,4,7-9,12-20H2,1-2H3,(H,29,33)/t22-,23?,24?,25?/m0/s1. The predicted octanol–water partition coefficient (Wildman–Crippen LogP) is 5.49. The van der Waals surface area contributed by atoms with E-state index in [1.54, 1.807) is 5.01 Å². The molecule has 5 heteroatoms. The lowest BCUT2D eigenvalue weighted by atomic mass is 9.45. The summed E-state index contributed by atoms with van der Waals surface area (Å²) in [7, 11) is 0. The minimum absolute atomic E-state index is 0.0128. The van der Waals surface area contributed by atoms with E-state index in [0.29, 0.717) is 17.9 Å². The molecular formula is C28H42N4O. The highest BCUT2D eigenvalue weighted by Gasteiger charge is 2.54. The van der Waals surface area contributed by atoms with E-state index < -0.39 is 0 Å². The van der Waals surface area contributed by atoms with E-state index in [-0.39, 0.29) is 11.9 Å². The van der Waals surface area contributed by atoms with Crippen molar-refractivity contribution in [3.05, 3.63) is 35.9 Å². The monoisotopic (exact) mass is 450 g/mol. The van der Waals surface area contributed by atoms with Gasteiger partial charge in [0, 0.05) is 18.2 Å². The van der Waals surface area contributed by atoms with Gasteiger partial charge in [0.15, 0.2) is 0 Å². The summed E-state index contributed by atoms with van der Waals surface area (Å²) in [4.78, 5) is 15.7. The van der Waals surface area contributed by atoms with Crippen molar-refractivity contribution >= 4 is 11.7 Å². The number of hydrazone groups is 1. The molecule has 3 saturated carbocycles. The number of nitrogens with zero attached hydrogens (tertiary/aromatic N) is 3. The molecule has 1 saturated heterocycles. The molecule has 0 radical (unpaired) electrons. The lowest BCUT2D eigenvalue weighted by Gasteiger charge is -2.60. The number of rotatable bonds is 7. The first-order chi connectivity index (χ1) is 16.0. The van der Waals surface area contributed by atoms with Gasteiger partial charge in [-0.2, -0.15) is 5.10 Å². The zero-order chi connectivity index (χ0) is 22.8. The van der Waals surface area contributed by atoms with Crippen molar-refractivity contribution in [2.24, 2.45) is 28.3 Å². The summed E-state index contributed by atoms with van der Waals surface area (Å²) in [6.45, 7) is 9.93. The Morgan fingerprint density at radius 1 is 1.12 bits per heavy atom. The van der Waals surface area contributed by atoms with Crippen LogP contribution in [0.2, 0.25) is 0 Å². The maximum Gasteiger partial charge on any atom is 0.337 e. The SMILES string of the molecule is CC1(C)C2CC[C@@H](CNC(=O)N3CC(c4ccccc4)C(CCCN4CCCCC4)=N3)C1C2. The molecule has 6 rings (SSSR count). The normalized spacial score (nSPS) is 31.1. The Morgan fingerprint density at radius 2 is 1.91 bits per heavy atom. The molecule has 4 fully saturated rings. The van der Waals surface area contributed by atoms with Crippen LogP contribution in [0.15, 0.2) is 35.4 Å². The molecular weight excluding hydrogens is 408 g/mol. The molecule has 1 N–H and O–H groups in total. The summed E-state index contributed by atoms with van der Waals surface area (Å²) in [5, 5.41) is 9.84. The van der Waals surface area contributed by atoms with E-state index >= 15 is 0 Å². The van der Waals surface area contributed by atoms with Crippen molar-refractivity contribution in [2.45, 2.75) is 71.1 Å². The highest BCUT2D eigenvalue weighted by molar-refractivity contribution is 5.94. The third-order valence-corrected chi connectivity index (χ3v) is 9.32. The van der Waals surface area contributed by atoms with Gasteiger partial charge in [0.1, 0.15) is 0 Å². The fraction of sp³-hybridized carbons (Fsp3) is 0.714. The third-order valence-electron chi connectivity index (χ3n) is 9.32. The lowest BCUT2D eigenvalue weighted by Crippen LogP contribution is -2.55. The second kappa shape index (κ2) is 9.77. The van der Waals surface area contributed by atoms with Crippen LogP contribution >= 0.6 is 0 Å². The average molecular weight is 451 g/mol. The van der Waals surface area contributed by atoms with Crippen molar-refractivity contribution in [1.29, 1.82) is 0 Å². The molecule has 2 aliphatic heterocycles. The minimum Gasteiger partial charge on any atom is -0.336 e. The molecule has 3 unspecified atom stereocenters. The first-order valence-electron chi connectivity index (χ1n) is 13.4. The van der Waals surface area contributed by atoms with Crippen LogP contribution in [0.5, 0.6) is 0 Å². The van der Waals surface area contributed by atoms with Gasteiger partial charge >= 0.3 is 6.03 Å². The van der Waals surface area contributed by atoms with E-state index in [1.807, 2.05) is 0 Å². The van der Waals surface area contributed by atoms with Gasteiger partial charge in [0.2, 0.25) is 0 Å². The second-order valence-electron chi connectivity index (χ2n) is 11.5. The van der Waals surface area contributed by atoms with Crippen LogP contribution in [0.1, 0.15) is 76.7 Å². The molecule has 2 heterocycles. The van der Waals surface area contributed by atoms with Crippen molar-refractivity contribution in [2.75, 3.05) is 32.7 Å². The van der Waals surface area contributed by atoms with E-state index in [9.17, 15) is 4.79 Å². The molecule has 1 aromatic rings. The van der Waals surface area contributed by atoms with Crippen molar-refractivity contribution in [3.63, 3.8) is 0 Å². The van der Waals surface area contributed by atoms with Gasteiger partial charge in [-0.15, -0.1) is 0 Å². The minimum atomic E-state index is -0.0128. The largest absolute Gasteiger partial charge is 0.337 e. The molecule has 0 spiro atoms. The van der Waals surface area contributed by atoms with Gasteiger partial charge in [-0.05, 0) is 93.3 Å². The smallest absolute Gasteiger partial charge is 0.336 e. The number of urea groups is 1. The number of likely N-dealkylation sites (tertiary alicyclic amines) is 1. The maximum atomic E-state index is 13.1. The summed E-state index contributed by atoms with van der Waals surface area (Å²) in [6, 6.07) is 10.6. The van der Waals surface area contributed by atoms with Gasteiger partial charge < -0.3 is 10.2 Å². The molecule has 33 heavy (non-hydrogen) atoms. The summed E-state index contributed by atoms with van der Waals surface area (Å²) in [6.07, 6.45) is 10.1. The van der Waals surface area contributed by atoms with Crippen LogP contribution < -0.4 is 5.32 Å². The number of carbonyl (C=O) groups excluding carboxylic acids is 1. The summed E-state index contributed by atoms with van der Waals surface area (Å²) >= 11 is 0. The average Bonchev–Trinajstić information content (AvgIpc) is 3.28. The van der Waals surface area contributed by atoms with Gasteiger partial charge in [0.25, 0.3) is 0 Å². The van der Waals surface area contributed by atoms with Crippen molar-refractivity contribution in [3.8, 4) is 0 Å². The quantitative estimate of drug-likeness (QED) is 0.597. The number of hydrogen-bond acceptors (Lipinski definition) is 3. The first-order valence-corrected chi connectivity index (χ1v) is 13.4. The zero-order valence-electron chi connectivity index (χ0n) is 20.6. The fourth-order valence-corrected chi connectivity index (χ4v) is 7.06. The van der Waals surface area contributed by atoms with Crippen LogP contribution in [0.4, 0.5) is 4.79 Å². The van der Waals surface area contributed by atoms with Crippen molar-refractivity contribution < 1.29 is 4.79 Å². The fourth-order valence-electron chi connectivity index (χ4n) is 7.06. The summed E-state index contributed by atoms with van der Waals surface area (Å²) in [5.74, 6) is 2.51. The van der Waals surface area contributed by atoms with Gasteiger partial charge in [-0.25, -0.2) is 9.80 Å². The Hall–Kier alpha value is -1.88. The van der Waals surface area contributed by atoms with E-state index in [1.165, 1.54) is 62.9 Å². The highest BCUT2D eigenvalue weighted by atomic mass is 16.2. The Bertz CT molecular complexity index is 843. The van der Waals surface area contributed by atoms with E-state index in [2.05, 4.69) is 54.4 Å². The molecule has 4 atom stereocenters. The topological polar surface area (TPSA) is 47.9 Å². The number of carbonyl (C=O) groups is 1. The highest BCUT2D eigenvalue weighted by Crippen LogP contribution is 2.61. The molecule has 2 amide bonds. The molecule has 180 valence electrons. The number of benzene rings is 1. The Labute approximate surface area is 200 Å².